The molecule has 3 heterocycles. The molecule has 1 aliphatic heterocycles. The highest BCUT2D eigenvalue weighted by Gasteiger charge is 2.34. The van der Waals surface area contributed by atoms with E-state index in [1.165, 1.54) is 12.1 Å². The van der Waals surface area contributed by atoms with E-state index in [1.807, 2.05) is 29.8 Å². The third-order valence-electron chi connectivity index (χ3n) is 6.46. The predicted octanol–water partition coefficient (Wildman–Crippen LogP) is 4.52. The van der Waals surface area contributed by atoms with Crippen LogP contribution in [0.15, 0.2) is 72.0 Å². The lowest BCUT2D eigenvalue weighted by Crippen LogP contribution is -2.53. The highest BCUT2D eigenvalue weighted by molar-refractivity contribution is 7.89. The second kappa shape index (κ2) is 9.13. The molecule has 0 spiro atoms. The molecule has 1 aliphatic rings. The molecule has 0 unspecified atom stereocenters. The van der Waals surface area contributed by atoms with Gasteiger partial charge in [0.2, 0.25) is 10.0 Å². The van der Waals surface area contributed by atoms with Crippen molar-refractivity contribution in [1.29, 1.82) is 0 Å². The van der Waals surface area contributed by atoms with Crippen molar-refractivity contribution in [3.05, 3.63) is 72.9 Å². The standard InChI is InChI=1S/C26H30FN5O2S/c1-19(2)16-29-11-10-25(18-29)35(33,34)31-13-12-30(17-20(31)3)24-8-9-26-21(14-24)15-28-32(26)23-6-4-22(27)5-7-23/h4-11,14-15,18-20H,12-13,16-17H2,1-3H3/t20-/m1/s1. The van der Waals surface area contributed by atoms with E-state index in [0.29, 0.717) is 30.4 Å². The number of benzene rings is 2. The number of sulfonamides is 1. The van der Waals surface area contributed by atoms with Crippen molar-refractivity contribution in [2.75, 3.05) is 24.5 Å². The monoisotopic (exact) mass is 495 g/mol. The maximum atomic E-state index is 13.3. The fourth-order valence-corrected chi connectivity index (χ4v) is 6.41. The number of anilines is 1. The Labute approximate surface area is 205 Å². The number of fused-ring (bicyclic) bond motifs is 1. The van der Waals surface area contributed by atoms with Gasteiger partial charge in [-0.25, -0.2) is 17.5 Å². The Bertz CT molecular complexity index is 1440. The first-order valence-corrected chi connectivity index (χ1v) is 13.3. The third-order valence-corrected chi connectivity index (χ3v) is 8.46. The molecule has 0 saturated carbocycles. The smallest absolute Gasteiger partial charge is 0.244 e. The predicted molar refractivity (Wildman–Crippen MR) is 136 cm³/mol. The summed E-state index contributed by atoms with van der Waals surface area (Å²) in [4.78, 5) is 2.57. The van der Waals surface area contributed by atoms with Crippen LogP contribution in [0.25, 0.3) is 16.6 Å². The Morgan fingerprint density at radius 3 is 2.51 bits per heavy atom. The molecule has 35 heavy (non-hydrogen) atoms. The van der Waals surface area contributed by atoms with Gasteiger partial charge in [0.1, 0.15) is 5.82 Å². The quantitative estimate of drug-likeness (QED) is 0.395. The summed E-state index contributed by atoms with van der Waals surface area (Å²) < 4.78 is 45.3. The van der Waals surface area contributed by atoms with E-state index >= 15 is 0 Å². The Morgan fingerprint density at radius 2 is 1.80 bits per heavy atom. The molecule has 5 rings (SSSR count). The Morgan fingerprint density at radius 1 is 1.06 bits per heavy atom. The van der Waals surface area contributed by atoms with Gasteiger partial charge in [-0.15, -0.1) is 0 Å². The van der Waals surface area contributed by atoms with Crippen molar-refractivity contribution in [2.24, 2.45) is 5.92 Å². The zero-order valence-corrected chi connectivity index (χ0v) is 21.0. The number of aromatic nitrogens is 3. The Balaban J connectivity index is 1.33. The van der Waals surface area contributed by atoms with Gasteiger partial charge in [-0.2, -0.15) is 9.40 Å². The molecule has 2 aromatic carbocycles. The van der Waals surface area contributed by atoms with Crippen LogP contribution in [0.4, 0.5) is 10.1 Å². The molecule has 0 N–H and O–H groups in total. The van der Waals surface area contributed by atoms with Gasteiger partial charge < -0.3 is 9.47 Å². The SMILES string of the molecule is CC(C)Cn1ccc(S(=O)(=O)N2CCN(c3ccc4c(cnn4-c4ccc(F)cc4)c3)C[C@H]2C)c1. The number of halogens is 1. The van der Waals surface area contributed by atoms with Crippen LogP contribution in [0, 0.1) is 11.7 Å². The summed E-state index contributed by atoms with van der Waals surface area (Å²) in [7, 11) is -3.55. The molecule has 0 aliphatic carbocycles. The molecule has 0 radical (unpaired) electrons. The average Bonchev–Trinajstić information content (AvgIpc) is 3.46. The third kappa shape index (κ3) is 4.58. The van der Waals surface area contributed by atoms with Crippen molar-refractivity contribution >= 4 is 26.6 Å². The molecule has 2 aromatic heterocycles. The molecule has 9 heteroatoms. The summed E-state index contributed by atoms with van der Waals surface area (Å²) >= 11 is 0. The van der Waals surface area contributed by atoms with E-state index in [2.05, 4.69) is 29.9 Å². The van der Waals surface area contributed by atoms with Crippen molar-refractivity contribution in [1.82, 2.24) is 18.7 Å². The summed E-state index contributed by atoms with van der Waals surface area (Å²) in [5, 5.41) is 5.45. The topological polar surface area (TPSA) is 63.4 Å². The first kappa shape index (κ1) is 23.6. The minimum Gasteiger partial charge on any atom is -0.369 e. The van der Waals surface area contributed by atoms with Gasteiger partial charge in [0.15, 0.2) is 0 Å². The summed E-state index contributed by atoms with van der Waals surface area (Å²) in [6, 6.07) is 13.9. The molecule has 184 valence electrons. The Kier molecular flexibility index (Phi) is 6.14. The largest absolute Gasteiger partial charge is 0.369 e. The van der Waals surface area contributed by atoms with E-state index in [4.69, 9.17) is 0 Å². The van der Waals surface area contributed by atoms with Crippen LogP contribution in [0.3, 0.4) is 0 Å². The first-order chi connectivity index (χ1) is 16.7. The highest BCUT2D eigenvalue weighted by Crippen LogP contribution is 2.28. The number of hydrogen-bond acceptors (Lipinski definition) is 4. The summed E-state index contributed by atoms with van der Waals surface area (Å²) in [6.45, 7) is 8.60. The molecule has 1 saturated heterocycles. The molecule has 0 bridgehead atoms. The molecule has 4 aromatic rings. The molecule has 7 nitrogen and oxygen atoms in total. The van der Waals surface area contributed by atoms with Crippen LogP contribution >= 0.6 is 0 Å². The van der Waals surface area contributed by atoms with Crippen molar-refractivity contribution < 1.29 is 12.8 Å². The molecular weight excluding hydrogens is 465 g/mol. The van der Waals surface area contributed by atoms with Crippen LogP contribution in [0.2, 0.25) is 0 Å². The maximum Gasteiger partial charge on any atom is 0.244 e. The van der Waals surface area contributed by atoms with Gasteiger partial charge in [-0.05, 0) is 61.4 Å². The van der Waals surface area contributed by atoms with Crippen LogP contribution in [-0.2, 0) is 16.6 Å². The number of piperazine rings is 1. The maximum absolute atomic E-state index is 13.3. The average molecular weight is 496 g/mol. The fourth-order valence-electron chi connectivity index (χ4n) is 4.78. The number of rotatable bonds is 6. The van der Waals surface area contributed by atoms with Gasteiger partial charge in [0.05, 0.1) is 22.3 Å². The van der Waals surface area contributed by atoms with Gasteiger partial charge in [0, 0.05) is 55.7 Å². The van der Waals surface area contributed by atoms with Gasteiger partial charge in [-0.3, -0.25) is 0 Å². The number of hydrogen-bond donors (Lipinski definition) is 0. The fraction of sp³-hybridized carbons (Fsp3) is 0.346. The van der Waals surface area contributed by atoms with E-state index in [9.17, 15) is 12.8 Å². The molecule has 1 atom stereocenters. The molecular formula is C26H30FN5O2S. The van der Waals surface area contributed by atoms with Crippen LogP contribution < -0.4 is 4.90 Å². The van der Waals surface area contributed by atoms with Crippen LogP contribution in [0.5, 0.6) is 0 Å². The minimum absolute atomic E-state index is 0.167. The summed E-state index contributed by atoms with van der Waals surface area (Å²) in [6.07, 6.45) is 5.38. The first-order valence-electron chi connectivity index (χ1n) is 11.9. The van der Waals surface area contributed by atoms with Gasteiger partial charge in [0.25, 0.3) is 0 Å². The molecule has 1 fully saturated rings. The van der Waals surface area contributed by atoms with Crippen molar-refractivity contribution in [3.63, 3.8) is 0 Å². The van der Waals surface area contributed by atoms with Crippen LogP contribution in [-0.4, -0.2) is 52.7 Å². The van der Waals surface area contributed by atoms with E-state index in [1.54, 1.807) is 39.6 Å². The normalized spacial score (nSPS) is 17.5. The lowest BCUT2D eigenvalue weighted by atomic mass is 10.1. The lowest BCUT2D eigenvalue weighted by Gasteiger charge is -2.40. The highest BCUT2D eigenvalue weighted by atomic mass is 32.2. The Hall–Kier alpha value is -3.17. The van der Waals surface area contributed by atoms with Crippen molar-refractivity contribution in [3.8, 4) is 5.69 Å². The lowest BCUT2D eigenvalue weighted by molar-refractivity contribution is 0.306. The summed E-state index contributed by atoms with van der Waals surface area (Å²) in [5.41, 5.74) is 2.76. The summed E-state index contributed by atoms with van der Waals surface area (Å²) in [5.74, 6) is 0.163. The zero-order chi connectivity index (χ0) is 24.7. The minimum atomic E-state index is -3.55. The number of nitrogens with zero attached hydrogens (tertiary/aromatic N) is 5. The van der Waals surface area contributed by atoms with Gasteiger partial charge >= 0.3 is 0 Å². The van der Waals surface area contributed by atoms with E-state index < -0.39 is 10.0 Å². The van der Waals surface area contributed by atoms with E-state index in [0.717, 1.165) is 28.8 Å². The van der Waals surface area contributed by atoms with E-state index in [-0.39, 0.29) is 11.9 Å². The second-order valence-electron chi connectivity index (χ2n) is 9.62. The van der Waals surface area contributed by atoms with Gasteiger partial charge in [-0.1, -0.05) is 13.8 Å². The van der Waals surface area contributed by atoms with Crippen molar-refractivity contribution in [2.45, 2.75) is 38.3 Å². The zero-order valence-electron chi connectivity index (χ0n) is 20.2. The molecule has 0 amide bonds. The second-order valence-corrected chi connectivity index (χ2v) is 11.5. The van der Waals surface area contributed by atoms with Crippen LogP contribution in [0.1, 0.15) is 20.8 Å².